The number of aldehydes is 1. The van der Waals surface area contributed by atoms with Gasteiger partial charge in [-0.3, -0.25) is 4.79 Å². The first-order valence-electron chi connectivity index (χ1n) is 5.64. The molecule has 0 spiro atoms. The summed E-state index contributed by atoms with van der Waals surface area (Å²) >= 11 is 0. The molecule has 1 rings (SSSR count). The van der Waals surface area contributed by atoms with Gasteiger partial charge in [-0.1, -0.05) is 19.8 Å². The molecule has 0 aliphatic rings. The first kappa shape index (κ1) is 13.4. The maximum absolute atomic E-state index is 11.2. The number of carbonyl (C=O) groups is 2. The third-order valence-corrected chi connectivity index (χ3v) is 2.74. The van der Waals surface area contributed by atoms with E-state index in [9.17, 15) is 14.7 Å². The molecule has 1 aromatic heterocycles. The zero-order valence-electron chi connectivity index (χ0n) is 9.80. The Morgan fingerprint density at radius 3 is 2.71 bits per heavy atom. The number of rotatable bonds is 7. The molecule has 0 aliphatic heterocycles. The summed E-state index contributed by atoms with van der Waals surface area (Å²) in [5.41, 5.74) is 0.744. The zero-order valence-corrected chi connectivity index (χ0v) is 9.80. The molecule has 0 radical (unpaired) electrons. The van der Waals surface area contributed by atoms with Crippen LogP contribution in [0.1, 0.15) is 48.4 Å². The van der Waals surface area contributed by atoms with Crippen LogP contribution in [0.5, 0.6) is 0 Å². The van der Waals surface area contributed by atoms with Crippen LogP contribution in [0.3, 0.4) is 0 Å². The average Bonchev–Trinajstić information content (AvgIpc) is 2.72. The number of hydrogen-bond donors (Lipinski definition) is 2. The summed E-state index contributed by atoms with van der Waals surface area (Å²) in [5.74, 6) is -0.979. The topological polar surface area (TPSA) is 79.5 Å². The summed E-state index contributed by atoms with van der Waals surface area (Å²) in [5, 5.41) is 18.3. The van der Waals surface area contributed by atoms with Gasteiger partial charge in [0.2, 0.25) is 0 Å². The Balaban J connectivity index is 3.10. The predicted octanol–water partition coefficient (Wildman–Crippen LogP) is 1.61. The fraction of sp³-hybridized carbons (Fsp3) is 0.500. The van der Waals surface area contributed by atoms with Gasteiger partial charge in [-0.25, -0.2) is 4.79 Å². The van der Waals surface area contributed by atoms with E-state index in [-0.39, 0.29) is 12.3 Å². The SMILES string of the molecule is CCCCC(C(=O)O)n1c(C=O)ccc1CO. The summed E-state index contributed by atoms with van der Waals surface area (Å²) in [6, 6.07) is 2.32. The van der Waals surface area contributed by atoms with Gasteiger partial charge in [-0.2, -0.15) is 0 Å². The van der Waals surface area contributed by atoms with Gasteiger partial charge in [0.05, 0.1) is 12.3 Å². The minimum Gasteiger partial charge on any atom is -0.480 e. The van der Waals surface area contributed by atoms with Gasteiger partial charge in [-0.15, -0.1) is 0 Å². The molecule has 2 N–H and O–H groups in total. The van der Waals surface area contributed by atoms with E-state index in [0.717, 1.165) is 12.8 Å². The maximum Gasteiger partial charge on any atom is 0.326 e. The summed E-state index contributed by atoms with van der Waals surface area (Å²) < 4.78 is 1.41. The molecule has 17 heavy (non-hydrogen) atoms. The zero-order chi connectivity index (χ0) is 12.8. The van der Waals surface area contributed by atoms with Gasteiger partial charge in [-0.05, 0) is 18.6 Å². The van der Waals surface area contributed by atoms with E-state index in [1.165, 1.54) is 10.6 Å². The largest absolute Gasteiger partial charge is 0.480 e. The van der Waals surface area contributed by atoms with Crippen molar-refractivity contribution >= 4 is 12.3 Å². The number of aliphatic hydroxyl groups is 1. The Labute approximate surface area is 99.7 Å². The van der Waals surface area contributed by atoms with Crippen molar-refractivity contribution in [2.75, 3.05) is 0 Å². The molecule has 0 saturated carbocycles. The minimum absolute atomic E-state index is 0.274. The Morgan fingerprint density at radius 2 is 2.24 bits per heavy atom. The van der Waals surface area contributed by atoms with Crippen molar-refractivity contribution in [1.82, 2.24) is 4.57 Å². The normalized spacial score (nSPS) is 12.4. The smallest absolute Gasteiger partial charge is 0.326 e. The molecular weight excluding hydrogens is 222 g/mol. The molecule has 5 heteroatoms. The van der Waals surface area contributed by atoms with Gasteiger partial charge in [0.15, 0.2) is 6.29 Å². The van der Waals surface area contributed by atoms with E-state index in [4.69, 9.17) is 5.11 Å². The Kier molecular flexibility index (Phi) is 4.90. The lowest BCUT2D eigenvalue weighted by molar-refractivity contribution is -0.141. The predicted molar refractivity (Wildman–Crippen MR) is 61.9 cm³/mol. The molecule has 0 fully saturated rings. The molecule has 94 valence electrons. The van der Waals surface area contributed by atoms with Gasteiger partial charge < -0.3 is 14.8 Å². The van der Waals surface area contributed by atoms with Crippen molar-refractivity contribution in [2.45, 2.75) is 38.8 Å². The summed E-state index contributed by atoms with van der Waals surface area (Å²) in [4.78, 5) is 22.1. The Hall–Kier alpha value is -1.62. The van der Waals surface area contributed by atoms with Crippen molar-refractivity contribution < 1.29 is 19.8 Å². The Morgan fingerprint density at radius 1 is 1.53 bits per heavy atom. The molecule has 0 amide bonds. The highest BCUT2D eigenvalue weighted by Gasteiger charge is 2.23. The molecule has 0 aliphatic carbocycles. The van der Waals surface area contributed by atoms with E-state index in [0.29, 0.717) is 18.4 Å². The van der Waals surface area contributed by atoms with Crippen LogP contribution in [-0.4, -0.2) is 27.0 Å². The van der Waals surface area contributed by atoms with Gasteiger partial charge >= 0.3 is 5.97 Å². The second-order valence-electron chi connectivity index (χ2n) is 3.89. The summed E-state index contributed by atoms with van der Waals surface area (Å²) in [6.07, 6.45) is 2.71. The number of aromatic nitrogens is 1. The van der Waals surface area contributed by atoms with Crippen LogP contribution >= 0.6 is 0 Å². The van der Waals surface area contributed by atoms with E-state index in [1.54, 1.807) is 6.07 Å². The van der Waals surface area contributed by atoms with E-state index < -0.39 is 12.0 Å². The molecular formula is C12H17NO4. The van der Waals surface area contributed by atoms with Crippen LogP contribution in [0.4, 0.5) is 0 Å². The lowest BCUT2D eigenvalue weighted by Gasteiger charge is -2.18. The number of aliphatic carboxylic acids is 1. The molecule has 1 unspecified atom stereocenters. The average molecular weight is 239 g/mol. The van der Waals surface area contributed by atoms with E-state index in [1.807, 2.05) is 6.92 Å². The molecule has 1 aromatic rings. The van der Waals surface area contributed by atoms with Gasteiger partial charge in [0, 0.05) is 5.69 Å². The number of carboxylic acid groups (broad SMARTS) is 1. The van der Waals surface area contributed by atoms with Crippen LogP contribution in [0.2, 0.25) is 0 Å². The quantitative estimate of drug-likeness (QED) is 0.708. The fourth-order valence-corrected chi connectivity index (χ4v) is 1.87. The standard InChI is InChI=1S/C12H17NO4/c1-2-3-4-11(12(16)17)13-9(7-14)5-6-10(13)8-15/h5-7,11,15H,2-4,8H2,1H3,(H,16,17). The molecule has 0 aromatic carbocycles. The van der Waals surface area contributed by atoms with Crippen molar-refractivity contribution in [3.8, 4) is 0 Å². The van der Waals surface area contributed by atoms with Crippen molar-refractivity contribution in [3.63, 3.8) is 0 Å². The first-order valence-corrected chi connectivity index (χ1v) is 5.64. The minimum atomic E-state index is -0.979. The van der Waals surface area contributed by atoms with Crippen molar-refractivity contribution in [3.05, 3.63) is 23.5 Å². The number of aliphatic hydroxyl groups excluding tert-OH is 1. The van der Waals surface area contributed by atoms with Gasteiger partial charge in [0.25, 0.3) is 0 Å². The highest BCUT2D eigenvalue weighted by Crippen LogP contribution is 2.21. The number of carbonyl (C=O) groups excluding carboxylic acids is 1. The van der Waals surface area contributed by atoms with Gasteiger partial charge in [0.1, 0.15) is 6.04 Å². The molecule has 5 nitrogen and oxygen atoms in total. The molecule has 0 saturated heterocycles. The first-order chi connectivity index (χ1) is 8.15. The Bertz CT molecular complexity index is 397. The number of unbranched alkanes of at least 4 members (excludes halogenated alkanes) is 1. The lowest BCUT2D eigenvalue weighted by atomic mass is 10.1. The number of carboxylic acids is 1. The summed E-state index contributed by atoms with van der Waals surface area (Å²) in [7, 11) is 0. The molecule has 0 bridgehead atoms. The lowest BCUT2D eigenvalue weighted by Crippen LogP contribution is -2.22. The third-order valence-electron chi connectivity index (χ3n) is 2.74. The molecule has 1 heterocycles. The van der Waals surface area contributed by atoms with Crippen molar-refractivity contribution in [1.29, 1.82) is 0 Å². The second-order valence-corrected chi connectivity index (χ2v) is 3.89. The fourth-order valence-electron chi connectivity index (χ4n) is 1.87. The van der Waals surface area contributed by atoms with Crippen LogP contribution in [0, 0.1) is 0 Å². The molecule has 1 atom stereocenters. The van der Waals surface area contributed by atoms with Crippen LogP contribution in [0.15, 0.2) is 12.1 Å². The van der Waals surface area contributed by atoms with Crippen LogP contribution < -0.4 is 0 Å². The van der Waals surface area contributed by atoms with Crippen LogP contribution in [-0.2, 0) is 11.4 Å². The highest BCUT2D eigenvalue weighted by molar-refractivity contribution is 5.77. The summed E-state index contributed by atoms with van der Waals surface area (Å²) in [6.45, 7) is 1.70. The highest BCUT2D eigenvalue weighted by atomic mass is 16.4. The number of nitrogens with zero attached hydrogens (tertiary/aromatic N) is 1. The van der Waals surface area contributed by atoms with E-state index in [2.05, 4.69) is 0 Å². The third kappa shape index (κ3) is 2.94. The monoisotopic (exact) mass is 239 g/mol. The number of hydrogen-bond acceptors (Lipinski definition) is 3. The van der Waals surface area contributed by atoms with E-state index >= 15 is 0 Å². The second kappa shape index (κ2) is 6.20. The van der Waals surface area contributed by atoms with Crippen LogP contribution in [0.25, 0.3) is 0 Å². The van der Waals surface area contributed by atoms with Crippen molar-refractivity contribution in [2.24, 2.45) is 0 Å². The maximum atomic E-state index is 11.2.